The summed E-state index contributed by atoms with van der Waals surface area (Å²) in [6.45, 7) is 3.31. The summed E-state index contributed by atoms with van der Waals surface area (Å²) < 4.78 is 34.2. The zero-order valence-electron chi connectivity index (χ0n) is 14.4. The summed E-state index contributed by atoms with van der Waals surface area (Å²) in [6.07, 6.45) is 0.312. The highest BCUT2D eigenvalue weighted by atomic mass is 32.2. The zero-order chi connectivity index (χ0) is 18.9. The number of aromatic nitrogens is 2. The van der Waals surface area contributed by atoms with Crippen LogP contribution in [0.15, 0.2) is 24.3 Å². The van der Waals surface area contributed by atoms with Crippen LogP contribution in [-0.4, -0.2) is 36.8 Å². The van der Waals surface area contributed by atoms with Gasteiger partial charge in [0.05, 0.1) is 18.0 Å². The molecule has 0 bridgehead atoms. The van der Waals surface area contributed by atoms with Gasteiger partial charge >= 0.3 is 16.1 Å². The second kappa shape index (κ2) is 6.79. The van der Waals surface area contributed by atoms with Crippen LogP contribution in [-0.2, 0) is 16.5 Å². The number of hydrogen-bond donors (Lipinski definition) is 2. The maximum atomic E-state index is 12.3. The highest BCUT2D eigenvalue weighted by Crippen LogP contribution is 2.36. The molecule has 2 heterocycles. The molecular formula is C16H18N4O5S. The molecule has 0 fully saturated rings. The van der Waals surface area contributed by atoms with Crippen molar-refractivity contribution in [1.29, 1.82) is 0 Å². The molecule has 0 radical (unpaired) electrons. The summed E-state index contributed by atoms with van der Waals surface area (Å²) in [4.78, 5) is 20.4. The van der Waals surface area contributed by atoms with E-state index in [2.05, 4.69) is 20.6 Å². The number of hydrogen-bond acceptors (Lipinski definition) is 7. The Kier molecular flexibility index (Phi) is 4.68. The molecule has 9 nitrogen and oxygen atoms in total. The van der Waals surface area contributed by atoms with Gasteiger partial charge in [-0.2, -0.15) is 13.4 Å². The van der Waals surface area contributed by atoms with Crippen molar-refractivity contribution in [2.75, 3.05) is 17.7 Å². The third-order valence-corrected chi connectivity index (χ3v) is 5.36. The molecule has 0 saturated carbocycles. The fourth-order valence-electron chi connectivity index (χ4n) is 2.51. The SMILES string of the molecule is COc1cc(C)nc(NC(=O)Nc2cccc3c2OS(=O)(=O)C(C)C3)n1. The number of nitrogens with one attached hydrogen (secondary N) is 2. The number of fused-ring (bicyclic) bond motifs is 1. The van der Waals surface area contributed by atoms with E-state index in [-0.39, 0.29) is 17.4 Å². The molecule has 2 aromatic rings. The summed E-state index contributed by atoms with van der Waals surface area (Å²) in [5.41, 5.74) is 1.57. The van der Waals surface area contributed by atoms with E-state index in [1.807, 2.05) is 0 Å². The number of para-hydroxylation sites is 1. The number of nitrogens with zero attached hydrogens (tertiary/aromatic N) is 2. The van der Waals surface area contributed by atoms with Crippen molar-refractivity contribution >= 4 is 27.8 Å². The fraction of sp³-hybridized carbons (Fsp3) is 0.312. The first-order valence-electron chi connectivity index (χ1n) is 7.81. The average Bonchev–Trinajstić information content (AvgIpc) is 2.56. The largest absolute Gasteiger partial charge is 0.481 e. The summed E-state index contributed by atoms with van der Waals surface area (Å²) >= 11 is 0. The van der Waals surface area contributed by atoms with Crippen molar-refractivity contribution in [3.05, 3.63) is 35.5 Å². The molecule has 26 heavy (non-hydrogen) atoms. The Morgan fingerprint density at radius 2 is 2.08 bits per heavy atom. The fourth-order valence-corrected chi connectivity index (χ4v) is 3.48. The molecule has 2 amide bonds. The van der Waals surface area contributed by atoms with Gasteiger partial charge in [0, 0.05) is 11.8 Å². The van der Waals surface area contributed by atoms with Crippen molar-refractivity contribution in [2.24, 2.45) is 0 Å². The minimum atomic E-state index is -3.72. The molecule has 0 spiro atoms. The van der Waals surface area contributed by atoms with Gasteiger partial charge in [0.15, 0.2) is 5.75 Å². The molecule has 1 atom stereocenters. The van der Waals surface area contributed by atoms with Crippen molar-refractivity contribution in [1.82, 2.24) is 9.97 Å². The monoisotopic (exact) mass is 378 g/mol. The van der Waals surface area contributed by atoms with Gasteiger partial charge in [-0.15, -0.1) is 0 Å². The van der Waals surface area contributed by atoms with E-state index < -0.39 is 21.4 Å². The lowest BCUT2D eigenvalue weighted by Crippen LogP contribution is -2.31. The smallest absolute Gasteiger partial charge is 0.326 e. The molecule has 2 N–H and O–H groups in total. The van der Waals surface area contributed by atoms with Gasteiger partial charge in [-0.1, -0.05) is 12.1 Å². The number of carbonyl (C=O) groups excluding carboxylic acids is 1. The number of rotatable bonds is 3. The van der Waals surface area contributed by atoms with Crippen molar-refractivity contribution in [2.45, 2.75) is 25.5 Å². The van der Waals surface area contributed by atoms with Crippen LogP contribution in [0.2, 0.25) is 0 Å². The lowest BCUT2D eigenvalue weighted by molar-refractivity contribution is 0.262. The summed E-state index contributed by atoms with van der Waals surface area (Å²) in [7, 11) is -2.26. The second-order valence-corrected chi connectivity index (χ2v) is 7.80. The molecule has 1 aliphatic rings. The van der Waals surface area contributed by atoms with E-state index in [0.29, 0.717) is 23.6 Å². The van der Waals surface area contributed by atoms with Gasteiger partial charge in [0.2, 0.25) is 11.8 Å². The standard InChI is InChI=1S/C16H18N4O5S/c1-9-7-13(24-3)19-15(17-9)20-16(21)18-12-6-4-5-11-8-10(2)26(22,23)25-14(11)12/h4-7,10H,8H2,1-3H3,(H2,17,18,19,20,21). The van der Waals surface area contributed by atoms with Crippen LogP contribution in [0.4, 0.5) is 16.4 Å². The van der Waals surface area contributed by atoms with Crippen LogP contribution in [0, 0.1) is 6.92 Å². The van der Waals surface area contributed by atoms with Crippen LogP contribution < -0.4 is 19.6 Å². The molecule has 10 heteroatoms. The first-order valence-corrected chi connectivity index (χ1v) is 9.28. The molecule has 138 valence electrons. The number of carbonyl (C=O) groups is 1. The number of aryl methyl sites for hydroxylation is 1. The molecule has 1 unspecified atom stereocenters. The number of methoxy groups -OCH3 is 1. The van der Waals surface area contributed by atoms with E-state index in [4.69, 9.17) is 8.92 Å². The molecule has 3 rings (SSSR count). The Balaban J connectivity index is 1.81. The van der Waals surface area contributed by atoms with Crippen LogP contribution in [0.25, 0.3) is 0 Å². The first kappa shape index (κ1) is 17.9. The number of amides is 2. The molecule has 1 aromatic heterocycles. The summed E-state index contributed by atoms with van der Waals surface area (Å²) in [6, 6.07) is 6.02. The summed E-state index contributed by atoms with van der Waals surface area (Å²) in [5, 5.41) is 4.41. The number of anilines is 2. The molecule has 0 aliphatic carbocycles. The Bertz CT molecular complexity index is 961. The Morgan fingerprint density at radius 1 is 1.31 bits per heavy atom. The average molecular weight is 378 g/mol. The quantitative estimate of drug-likeness (QED) is 0.785. The molecule has 1 aliphatic heterocycles. The van der Waals surface area contributed by atoms with Crippen LogP contribution in [0.3, 0.4) is 0 Å². The third kappa shape index (κ3) is 3.69. The normalized spacial score (nSPS) is 17.6. The van der Waals surface area contributed by atoms with Gasteiger partial charge in [-0.25, -0.2) is 9.78 Å². The van der Waals surface area contributed by atoms with Gasteiger partial charge in [0.1, 0.15) is 0 Å². The zero-order valence-corrected chi connectivity index (χ0v) is 15.3. The molecular weight excluding hydrogens is 360 g/mol. The Hall–Kier alpha value is -2.88. The minimum absolute atomic E-state index is 0.0614. The second-order valence-electron chi connectivity index (χ2n) is 5.84. The number of benzene rings is 1. The van der Waals surface area contributed by atoms with E-state index in [1.165, 1.54) is 7.11 Å². The van der Waals surface area contributed by atoms with Gasteiger partial charge in [0.25, 0.3) is 0 Å². The maximum absolute atomic E-state index is 12.3. The van der Waals surface area contributed by atoms with E-state index >= 15 is 0 Å². The van der Waals surface area contributed by atoms with Crippen LogP contribution in [0.1, 0.15) is 18.2 Å². The topological polar surface area (TPSA) is 120 Å². The third-order valence-electron chi connectivity index (χ3n) is 3.81. The van der Waals surface area contributed by atoms with E-state index in [9.17, 15) is 13.2 Å². The number of ether oxygens (including phenoxy) is 1. The Labute approximate surface area is 150 Å². The van der Waals surface area contributed by atoms with Crippen molar-refractivity contribution < 1.29 is 22.1 Å². The van der Waals surface area contributed by atoms with Crippen LogP contribution in [0.5, 0.6) is 11.6 Å². The first-order chi connectivity index (χ1) is 12.3. The van der Waals surface area contributed by atoms with Crippen molar-refractivity contribution in [3.63, 3.8) is 0 Å². The Morgan fingerprint density at radius 3 is 2.81 bits per heavy atom. The van der Waals surface area contributed by atoms with Gasteiger partial charge < -0.3 is 14.2 Å². The maximum Gasteiger partial charge on any atom is 0.326 e. The van der Waals surface area contributed by atoms with Crippen molar-refractivity contribution in [3.8, 4) is 11.6 Å². The predicted octanol–water partition coefficient (Wildman–Crippen LogP) is 2.09. The minimum Gasteiger partial charge on any atom is -0.481 e. The summed E-state index contributed by atoms with van der Waals surface area (Å²) in [5.74, 6) is 0.503. The lowest BCUT2D eigenvalue weighted by Gasteiger charge is -2.24. The lowest BCUT2D eigenvalue weighted by atomic mass is 10.1. The van der Waals surface area contributed by atoms with Gasteiger partial charge in [-0.3, -0.25) is 5.32 Å². The van der Waals surface area contributed by atoms with Gasteiger partial charge in [-0.05, 0) is 31.9 Å². The molecule has 0 saturated heterocycles. The molecule has 1 aromatic carbocycles. The van der Waals surface area contributed by atoms with E-state index in [1.54, 1.807) is 38.1 Å². The van der Waals surface area contributed by atoms with E-state index in [0.717, 1.165) is 0 Å². The number of urea groups is 1. The highest BCUT2D eigenvalue weighted by Gasteiger charge is 2.32. The van der Waals surface area contributed by atoms with Crippen LogP contribution >= 0.6 is 0 Å². The highest BCUT2D eigenvalue weighted by molar-refractivity contribution is 7.87. The predicted molar refractivity (Wildman–Crippen MR) is 95.1 cm³/mol.